The maximum Gasteiger partial charge on any atom is 0.237 e. The second-order valence-electron chi connectivity index (χ2n) is 7.41. The molecule has 138 valence electrons. The van der Waals surface area contributed by atoms with Crippen molar-refractivity contribution in [3.8, 4) is 11.3 Å². The van der Waals surface area contributed by atoms with Gasteiger partial charge in [-0.3, -0.25) is 14.5 Å². The van der Waals surface area contributed by atoms with E-state index in [-0.39, 0.29) is 0 Å². The number of Topliss-reactive ketones (excluding diaryl/α,β-unsaturated/α-hetero) is 2. The average Bonchev–Trinajstić information content (AvgIpc) is 2.96. The average molecular weight is 361 g/mol. The first-order valence-electron chi connectivity index (χ1n) is 9.36. The van der Waals surface area contributed by atoms with Crippen molar-refractivity contribution >= 4 is 22.3 Å². The molecule has 0 spiro atoms. The molecule has 3 aromatic rings. The maximum atomic E-state index is 13.0. The van der Waals surface area contributed by atoms with Crippen molar-refractivity contribution in [3.63, 3.8) is 0 Å². The normalized spacial score (nSPS) is 13.4. The van der Waals surface area contributed by atoms with Gasteiger partial charge in [0.1, 0.15) is 11.5 Å². The lowest BCUT2D eigenvalue weighted by molar-refractivity contribution is 0.0815. The Kier molecular flexibility index (Phi) is 4.23. The summed E-state index contributed by atoms with van der Waals surface area (Å²) in [6, 6.07) is 9.76. The Morgan fingerprint density at radius 2 is 1.70 bits per heavy atom. The molecule has 4 nitrogen and oxygen atoms in total. The van der Waals surface area contributed by atoms with Crippen molar-refractivity contribution in [2.24, 2.45) is 0 Å². The monoisotopic (exact) mass is 361 g/mol. The molecule has 1 heterocycles. The van der Waals surface area contributed by atoms with Gasteiger partial charge in [0, 0.05) is 16.7 Å². The van der Waals surface area contributed by atoms with Gasteiger partial charge in [0.15, 0.2) is 0 Å². The van der Waals surface area contributed by atoms with Crippen LogP contribution in [-0.2, 0) is 6.54 Å². The molecule has 2 aromatic carbocycles. The first-order chi connectivity index (χ1) is 12.9. The van der Waals surface area contributed by atoms with Gasteiger partial charge < -0.3 is 4.42 Å². The number of carbonyl (C=O) groups is 2. The molecule has 0 atom stereocenters. The van der Waals surface area contributed by atoms with Crippen molar-refractivity contribution in [2.45, 2.75) is 33.7 Å². The fourth-order valence-electron chi connectivity index (χ4n) is 4.06. The highest BCUT2D eigenvalue weighted by molar-refractivity contribution is 6.54. The molecule has 0 N–H and O–H groups in total. The van der Waals surface area contributed by atoms with E-state index in [1.807, 2.05) is 51.2 Å². The molecule has 0 unspecified atom stereocenters. The number of carbonyl (C=O) groups excluding carboxylic acids is 2. The lowest BCUT2D eigenvalue weighted by Gasteiger charge is -2.16. The lowest BCUT2D eigenvalue weighted by atomic mass is 9.83. The van der Waals surface area contributed by atoms with Crippen LogP contribution in [0, 0.1) is 13.8 Å². The second-order valence-corrected chi connectivity index (χ2v) is 7.41. The van der Waals surface area contributed by atoms with Crippen molar-refractivity contribution < 1.29 is 14.0 Å². The van der Waals surface area contributed by atoms with Gasteiger partial charge in [0.25, 0.3) is 0 Å². The molecule has 4 heteroatoms. The molecule has 1 aliphatic rings. The van der Waals surface area contributed by atoms with E-state index in [2.05, 4.69) is 11.8 Å². The molecular formula is C23H23NO3. The summed E-state index contributed by atoms with van der Waals surface area (Å²) in [4.78, 5) is 28.1. The van der Waals surface area contributed by atoms with Crippen LogP contribution >= 0.6 is 0 Å². The van der Waals surface area contributed by atoms with Crippen LogP contribution in [-0.4, -0.2) is 30.1 Å². The second kappa shape index (κ2) is 6.46. The van der Waals surface area contributed by atoms with Crippen molar-refractivity contribution in [3.05, 3.63) is 58.3 Å². The molecule has 0 amide bonds. The summed E-state index contributed by atoms with van der Waals surface area (Å²) < 4.78 is 6.16. The minimum atomic E-state index is -0.461. The number of aryl methyl sites for hydroxylation is 1. The van der Waals surface area contributed by atoms with E-state index in [1.54, 1.807) is 0 Å². The Hall–Kier alpha value is -2.72. The van der Waals surface area contributed by atoms with E-state index in [0.717, 1.165) is 46.2 Å². The maximum absolute atomic E-state index is 13.0. The van der Waals surface area contributed by atoms with Crippen LogP contribution in [0.2, 0.25) is 0 Å². The van der Waals surface area contributed by atoms with Gasteiger partial charge in [0.05, 0.1) is 12.1 Å². The largest absolute Gasteiger partial charge is 0.459 e. The van der Waals surface area contributed by atoms with Crippen molar-refractivity contribution in [1.82, 2.24) is 4.90 Å². The fourth-order valence-corrected chi connectivity index (χ4v) is 4.06. The topological polar surface area (TPSA) is 50.5 Å². The Labute approximate surface area is 158 Å². The molecule has 4 rings (SSSR count). The molecule has 0 radical (unpaired) electrons. The molecule has 1 aliphatic carbocycles. The minimum absolute atomic E-state index is 0.430. The summed E-state index contributed by atoms with van der Waals surface area (Å²) in [5.41, 5.74) is 3.48. The van der Waals surface area contributed by atoms with Crippen LogP contribution < -0.4 is 0 Å². The van der Waals surface area contributed by atoms with Gasteiger partial charge in [-0.05, 0) is 56.3 Å². The van der Waals surface area contributed by atoms with Gasteiger partial charge >= 0.3 is 0 Å². The number of hydrogen-bond acceptors (Lipinski definition) is 4. The number of hydrogen-bond donors (Lipinski definition) is 0. The molecule has 27 heavy (non-hydrogen) atoms. The first kappa shape index (κ1) is 17.7. The van der Waals surface area contributed by atoms with Gasteiger partial charge in [-0.1, -0.05) is 31.2 Å². The molecule has 0 saturated heterocycles. The number of rotatable bonds is 4. The lowest BCUT2D eigenvalue weighted by Crippen LogP contribution is -2.21. The SMILES string of the molecule is CCCN(C)Cc1oc2c(c1C)C(=O)C(=O)c1c-2ccc2c(C)cccc12. The summed E-state index contributed by atoms with van der Waals surface area (Å²) >= 11 is 0. The van der Waals surface area contributed by atoms with Gasteiger partial charge in [-0.15, -0.1) is 0 Å². The van der Waals surface area contributed by atoms with Crippen LogP contribution in [0.15, 0.2) is 34.7 Å². The number of nitrogens with zero attached hydrogens (tertiary/aromatic N) is 1. The molecule has 0 bridgehead atoms. The Balaban J connectivity index is 1.94. The van der Waals surface area contributed by atoms with Crippen LogP contribution in [0.5, 0.6) is 0 Å². The summed E-state index contributed by atoms with van der Waals surface area (Å²) in [7, 11) is 2.03. The molecular weight excluding hydrogens is 338 g/mol. The first-order valence-corrected chi connectivity index (χ1v) is 9.36. The zero-order valence-electron chi connectivity index (χ0n) is 16.2. The highest BCUT2D eigenvalue weighted by Crippen LogP contribution is 2.41. The summed E-state index contributed by atoms with van der Waals surface area (Å²) in [5.74, 6) is 0.396. The van der Waals surface area contributed by atoms with Gasteiger partial charge in [-0.2, -0.15) is 0 Å². The van der Waals surface area contributed by atoms with Crippen molar-refractivity contribution in [1.29, 1.82) is 0 Å². The van der Waals surface area contributed by atoms with E-state index in [9.17, 15) is 9.59 Å². The third-order valence-corrected chi connectivity index (χ3v) is 5.45. The number of benzene rings is 2. The zero-order chi connectivity index (χ0) is 19.3. The molecule has 0 aliphatic heterocycles. The Morgan fingerprint density at radius 1 is 0.963 bits per heavy atom. The van der Waals surface area contributed by atoms with Crippen LogP contribution in [0.3, 0.4) is 0 Å². The predicted molar refractivity (Wildman–Crippen MR) is 106 cm³/mol. The van der Waals surface area contributed by atoms with Crippen LogP contribution in [0.4, 0.5) is 0 Å². The predicted octanol–water partition coefficient (Wildman–Crippen LogP) is 4.94. The molecule has 0 saturated carbocycles. The molecule has 0 fully saturated rings. The minimum Gasteiger partial charge on any atom is -0.459 e. The summed E-state index contributed by atoms with van der Waals surface area (Å²) in [6.07, 6.45) is 1.04. The standard InChI is InChI=1S/C23H23NO3/c1-5-11-24(4)12-18-14(3)19-21(25)22(26)20-16-8-6-7-13(2)15(16)9-10-17(20)23(19)27-18/h6-10H,5,11-12H2,1-4H3. The Morgan fingerprint density at radius 3 is 2.44 bits per heavy atom. The molecule has 1 aromatic heterocycles. The van der Waals surface area contributed by atoms with E-state index in [0.29, 0.717) is 23.4 Å². The highest BCUT2D eigenvalue weighted by atomic mass is 16.3. The Bertz CT molecular complexity index is 1090. The summed E-state index contributed by atoms with van der Waals surface area (Å²) in [6.45, 7) is 7.57. The van der Waals surface area contributed by atoms with E-state index in [1.165, 1.54) is 0 Å². The smallest absolute Gasteiger partial charge is 0.237 e. The van der Waals surface area contributed by atoms with Gasteiger partial charge in [0.2, 0.25) is 11.6 Å². The number of ketones is 2. The van der Waals surface area contributed by atoms with E-state index < -0.39 is 11.6 Å². The van der Waals surface area contributed by atoms with Crippen LogP contribution in [0.1, 0.15) is 50.9 Å². The fraction of sp³-hybridized carbons (Fsp3) is 0.304. The number of furan rings is 1. The van der Waals surface area contributed by atoms with Crippen molar-refractivity contribution in [2.75, 3.05) is 13.6 Å². The number of fused-ring (bicyclic) bond motifs is 5. The van der Waals surface area contributed by atoms with Gasteiger partial charge in [-0.25, -0.2) is 0 Å². The van der Waals surface area contributed by atoms with E-state index in [4.69, 9.17) is 4.42 Å². The highest BCUT2D eigenvalue weighted by Gasteiger charge is 2.37. The van der Waals surface area contributed by atoms with E-state index >= 15 is 0 Å². The zero-order valence-corrected chi connectivity index (χ0v) is 16.2. The summed E-state index contributed by atoms with van der Waals surface area (Å²) in [5, 5.41) is 1.81. The quantitative estimate of drug-likeness (QED) is 0.618. The third-order valence-electron chi connectivity index (χ3n) is 5.45. The third kappa shape index (κ3) is 2.63. The van der Waals surface area contributed by atoms with Crippen LogP contribution in [0.25, 0.3) is 22.1 Å².